The summed E-state index contributed by atoms with van der Waals surface area (Å²) in [6.45, 7) is 0. The number of fused-ring (bicyclic) bond motifs is 1. The van der Waals surface area contributed by atoms with Crippen molar-refractivity contribution in [2.24, 2.45) is 5.84 Å². The van der Waals surface area contributed by atoms with E-state index in [-0.39, 0.29) is 12.3 Å². The first kappa shape index (κ1) is 10.4. The zero-order valence-corrected chi connectivity index (χ0v) is 8.40. The van der Waals surface area contributed by atoms with Crippen LogP contribution in [-0.4, -0.2) is 17.9 Å². The Labute approximate surface area is 91.7 Å². The maximum absolute atomic E-state index is 11.6. The molecule has 0 bridgehead atoms. The van der Waals surface area contributed by atoms with Crippen molar-refractivity contribution in [2.45, 2.75) is 12.5 Å². The Morgan fingerprint density at radius 3 is 3.00 bits per heavy atom. The molecule has 1 heterocycles. The summed E-state index contributed by atoms with van der Waals surface area (Å²) in [5.41, 5.74) is 2.57. The second kappa shape index (κ2) is 4.19. The summed E-state index contributed by atoms with van der Waals surface area (Å²) in [4.78, 5) is 22.6. The molecule has 6 heteroatoms. The maximum atomic E-state index is 11.6. The van der Waals surface area contributed by atoms with Gasteiger partial charge < -0.3 is 10.1 Å². The number of nitrogens with one attached hydrogen (secondary N) is 2. The molecule has 0 fully saturated rings. The Bertz CT molecular complexity index is 433. The van der Waals surface area contributed by atoms with Crippen molar-refractivity contribution in [3.8, 4) is 5.75 Å². The van der Waals surface area contributed by atoms with Crippen LogP contribution in [0.3, 0.4) is 0 Å². The van der Waals surface area contributed by atoms with Crippen molar-refractivity contribution in [3.05, 3.63) is 24.3 Å². The molecule has 1 aliphatic rings. The normalized spacial score (nSPS) is 18.1. The van der Waals surface area contributed by atoms with E-state index in [9.17, 15) is 9.59 Å². The lowest BCUT2D eigenvalue weighted by molar-refractivity contribution is -0.130. The Balaban J connectivity index is 2.15. The van der Waals surface area contributed by atoms with Crippen LogP contribution in [0.1, 0.15) is 6.42 Å². The molecule has 2 rings (SSSR count). The Morgan fingerprint density at radius 2 is 2.25 bits per heavy atom. The number of para-hydroxylation sites is 2. The lowest BCUT2D eigenvalue weighted by atomic mass is 10.1. The van der Waals surface area contributed by atoms with Gasteiger partial charge in [-0.05, 0) is 12.1 Å². The van der Waals surface area contributed by atoms with Crippen molar-refractivity contribution in [2.75, 3.05) is 5.32 Å². The highest BCUT2D eigenvalue weighted by atomic mass is 16.5. The number of hydrogen-bond acceptors (Lipinski definition) is 4. The molecule has 0 unspecified atom stereocenters. The van der Waals surface area contributed by atoms with Gasteiger partial charge in [-0.1, -0.05) is 12.1 Å². The number of ether oxygens (including phenoxy) is 1. The van der Waals surface area contributed by atoms with Crippen molar-refractivity contribution >= 4 is 17.5 Å². The predicted molar refractivity (Wildman–Crippen MR) is 56.4 cm³/mol. The number of benzene rings is 1. The van der Waals surface area contributed by atoms with Crippen LogP contribution in [0, 0.1) is 0 Å². The molecule has 1 aliphatic heterocycles. The van der Waals surface area contributed by atoms with Crippen LogP contribution >= 0.6 is 0 Å². The first-order valence-electron chi connectivity index (χ1n) is 4.76. The van der Waals surface area contributed by atoms with E-state index in [2.05, 4.69) is 5.32 Å². The van der Waals surface area contributed by atoms with Crippen LogP contribution in [-0.2, 0) is 9.59 Å². The standard InChI is InChI=1S/C10H11N3O3/c11-13-9(14)5-8-10(15)12-6-3-1-2-4-7(6)16-8/h1-4,8H,5,11H2,(H,12,15)(H,13,14)/t8-/m0/s1. The van der Waals surface area contributed by atoms with Crippen LogP contribution in [0.15, 0.2) is 24.3 Å². The summed E-state index contributed by atoms with van der Waals surface area (Å²) < 4.78 is 5.39. The molecular weight excluding hydrogens is 210 g/mol. The molecule has 1 aromatic rings. The van der Waals surface area contributed by atoms with Gasteiger partial charge in [-0.2, -0.15) is 0 Å². The summed E-state index contributed by atoms with van der Waals surface area (Å²) >= 11 is 0. The van der Waals surface area contributed by atoms with Gasteiger partial charge in [-0.25, -0.2) is 5.84 Å². The van der Waals surface area contributed by atoms with Crippen LogP contribution in [0.25, 0.3) is 0 Å². The minimum Gasteiger partial charge on any atom is -0.478 e. The smallest absolute Gasteiger partial charge is 0.266 e. The number of amides is 2. The van der Waals surface area contributed by atoms with Crippen molar-refractivity contribution in [3.63, 3.8) is 0 Å². The highest BCUT2D eigenvalue weighted by Gasteiger charge is 2.29. The third-order valence-corrected chi connectivity index (χ3v) is 2.24. The second-order valence-corrected chi connectivity index (χ2v) is 3.36. The first-order chi connectivity index (χ1) is 7.70. The van der Waals surface area contributed by atoms with Crippen LogP contribution in [0.2, 0.25) is 0 Å². The molecular formula is C10H11N3O3. The van der Waals surface area contributed by atoms with Gasteiger partial charge >= 0.3 is 0 Å². The molecule has 0 aromatic heterocycles. The van der Waals surface area contributed by atoms with Crippen molar-refractivity contribution < 1.29 is 14.3 Å². The van der Waals surface area contributed by atoms with E-state index in [0.717, 1.165) is 0 Å². The number of nitrogens with two attached hydrogens (primary N) is 1. The molecule has 1 atom stereocenters. The van der Waals surface area contributed by atoms with E-state index >= 15 is 0 Å². The molecule has 2 amide bonds. The molecule has 0 spiro atoms. The average molecular weight is 221 g/mol. The molecule has 0 saturated heterocycles. The highest BCUT2D eigenvalue weighted by Crippen LogP contribution is 2.29. The topological polar surface area (TPSA) is 93.4 Å². The van der Waals surface area contributed by atoms with Gasteiger partial charge in [0.05, 0.1) is 12.1 Å². The minimum absolute atomic E-state index is 0.101. The molecule has 0 aliphatic carbocycles. The van der Waals surface area contributed by atoms with Crippen LogP contribution in [0.5, 0.6) is 5.75 Å². The molecule has 4 N–H and O–H groups in total. The number of hydrazine groups is 1. The number of carbonyl (C=O) groups excluding carboxylic acids is 2. The fourth-order valence-electron chi connectivity index (χ4n) is 1.45. The number of anilines is 1. The fraction of sp³-hybridized carbons (Fsp3) is 0.200. The number of carbonyl (C=O) groups is 2. The maximum Gasteiger partial charge on any atom is 0.266 e. The zero-order valence-electron chi connectivity index (χ0n) is 8.40. The summed E-state index contributed by atoms with van der Waals surface area (Å²) in [5, 5.41) is 2.65. The van der Waals surface area contributed by atoms with Gasteiger partial charge in [0.15, 0.2) is 6.10 Å². The fourth-order valence-corrected chi connectivity index (χ4v) is 1.45. The average Bonchev–Trinajstić information content (AvgIpc) is 2.30. The second-order valence-electron chi connectivity index (χ2n) is 3.36. The van der Waals surface area contributed by atoms with E-state index in [1.54, 1.807) is 24.3 Å². The Hall–Kier alpha value is -2.08. The quantitative estimate of drug-likeness (QED) is 0.365. The van der Waals surface area contributed by atoms with Crippen molar-refractivity contribution in [1.82, 2.24) is 5.43 Å². The van der Waals surface area contributed by atoms with Gasteiger partial charge in [0.1, 0.15) is 5.75 Å². The van der Waals surface area contributed by atoms with Gasteiger partial charge in [0.25, 0.3) is 5.91 Å². The molecule has 0 radical (unpaired) electrons. The molecule has 1 aromatic carbocycles. The SMILES string of the molecule is NNC(=O)C[C@@H]1Oc2ccccc2NC1=O. The minimum atomic E-state index is -0.835. The Kier molecular flexibility index (Phi) is 2.74. The van der Waals surface area contributed by atoms with Crippen molar-refractivity contribution in [1.29, 1.82) is 0 Å². The Morgan fingerprint density at radius 1 is 1.50 bits per heavy atom. The van der Waals surface area contributed by atoms with E-state index in [0.29, 0.717) is 11.4 Å². The van der Waals surface area contributed by atoms with E-state index in [1.165, 1.54) is 0 Å². The third-order valence-electron chi connectivity index (χ3n) is 2.24. The molecule has 16 heavy (non-hydrogen) atoms. The molecule has 6 nitrogen and oxygen atoms in total. The lowest BCUT2D eigenvalue weighted by Gasteiger charge is -2.25. The zero-order chi connectivity index (χ0) is 11.5. The molecule has 84 valence electrons. The van der Waals surface area contributed by atoms with Gasteiger partial charge in [-0.15, -0.1) is 0 Å². The number of rotatable bonds is 2. The van der Waals surface area contributed by atoms with Crippen LogP contribution in [0.4, 0.5) is 5.69 Å². The number of hydrogen-bond donors (Lipinski definition) is 3. The lowest BCUT2D eigenvalue weighted by Crippen LogP contribution is -2.42. The van der Waals surface area contributed by atoms with Crippen LogP contribution < -0.4 is 21.3 Å². The largest absolute Gasteiger partial charge is 0.478 e. The highest BCUT2D eigenvalue weighted by molar-refractivity contribution is 5.99. The first-order valence-corrected chi connectivity index (χ1v) is 4.76. The van der Waals surface area contributed by atoms with E-state index in [4.69, 9.17) is 10.6 Å². The van der Waals surface area contributed by atoms with Gasteiger partial charge in [0, 0.05) is 0 Å². The van der Waals surface area contributed by atoms with E-state index in [1.807, 2.05) is 5.43 Å². The summed E-state index contributed by atoms with van der Waals surface area (Å²) in [5.74, 6) is 4.71. The summed E-state index contributed by atoms with van der Waals surface area (Å²) in [6, 6.07) is 7.03. The van der Waals surface area contributed by atoms with E-state index < -0.39 is 12.0 Å². The van der Waals surface area contributed by atoms with Gasteiger partial charge in [-0.3, -0.25) is 15.0 Å². The van der Waals surface area contributed by atoms with Gasteiger partial charge in [0.2, 0.25) is 5.91 Å². The predicted octanol–water partition coefficient (Wildman–Crippen LogP) is -0.234. The monoisotopic (exact) mass is 221 g/mol. The molecule has 0 saturated carbocycles. The third kappa shape index (κ3) is 1.96. The summed E-state index contributed by atoms with van der Waals surface area (Å²) in [6.07, 6.45) is -0.935. The summed E-state index contributed by atoms with van der Waals surface area (Å²) in [7, 11) is 0.